The third-order valence-corrected chi connectivity index (χ3v) is 2.74. The van der Waals surface area contributed by atoms with Crippen molar-refractivity contribution in [2.75, 3.05) is 31.2 Å². The molecule has 3 nitrogen and oxygen atoms in total. The molecule has 2 rings (SSSR count). The Hall–Kier alpha value is -1.74. The van der Waals surface area contributed by atoms with Crippen molar-refractivity contribution in [2.24, 2.45) is 0 Å². The lowest BCUT2D eigenvalue weighted by molar-refractivity contribution is 0.263. The number of rotatable bonds is 8. The fourth-order valence-corrected chi connectivity index (χ4v) is 1.70. The third-order valence-electron chi connectivity index (χ3n) is 2.74. The van der Waals surface area contributed by atoms with E-state index in [1.54, 1.807) is 0 Å². The second-order valence-corrected chi connectivity index (χ2v) is 4.24. The molecule has 0 N–H and O–H groups in total. The Morgan fingerprint density at radius 3 is 2.33 bits per heavy atom. The van der Waals surface area contributed by atoms with E-state index in [0.717, 1.165) is 31.1 Å². The Labute approximate surface area is 108 Å². The number of hydrogen-bond donors (Lipinski definition) is 0. The molecular weight excluding hydrogens is 226 g/mol. The van der Waals surface area contributed by atoms with Crippen LogP contribution in [0.15, 0.2) is 49.6 Å². The first-order valence-corrected chi connectivity index (χ1v) is 6.14. The zero-order valence-corrected chi connectivity index (χ0v) is 10.5. The van der Waals surface area contributed by atoms with Crippen molar-refractivity contribution in [3.8, 4) is 5.75 Å². The first-order chi connectivity index (χ1) is 8.83. The average Bonchev–Trinajstić information content (AvgIpc) is 3.21. The summed E-state index contributed by atoms with van der Waals surface area (Å²) >= 11 is 0. The maximum Gasteiger partial charge on any atom is 0.119 e. The summed E-state index contributed by atoms with van der Waals surface area (Å²) in [5.41, 5.74) is 1.14. The number of nitrogens with zero attached hydrogens (tertiary/aromatic N) is 1. The molecule has 3 heteroatoms. The van der Waals surface area contributed by atoms with E-state index >= 15 is 0 Å². The summed E-state index contributed by atoms with van der Waals surface area (Å²) in [5, 5.41) is 0. The van der Waals surface area contributed by atoms with Crippen LogP contribution in [0, 0.1) is 0 Å². The van der Waals surface area contributed by atoms with Gasteiger partial charge in [-0.1, -0.05) is 12.2 Å². The minimum Gasteiger partial charge on any atom is -0.491 e. The summed E-state index contributed by atoms with van der Waals surface area (Å²) in [7, 11) is 0. The lowest BCUT2D eigenvalue weighted by Crippen LogP contribution is -2.22. The molecule has 96 valence electrons. The molecule has 1 heterocycles. The standard InChI is InChI=1S/C15H19NO2/c1-3-9-16(10-4-2)13-5-7-14(8-6-13)17-11-15-12-18-15/h3-8,15H,1-2,9-12H2. The molecule has 0 amide bonds. The van der Waals surface area contributed by atoms with Gasteiger partial charge >= 0.3 is 0 Å². The van der Waals surface area contributed by atoms with E-state index in [1.807, 2.05) is 24.3 Å². The smallest absolute Gasteiger partial charge is 0.119 e. The molecule has 1 unspecified atom stereocenters. The predicted molar refractivity (Wildman–Crippen MR) is 74.3 cm³/mol. The number of anilines is 1. The molecule has 1 aromatic carbocycles. The van der Waals surface area contributed by atoms with Crippen LogP contribution in [0.1, 0.15) is 0 Å². The monoisotopic (exact) mass is 245 g/mol. The van der Waals surface area contributed by atoms with Crippen LogP contribution in [0.4, 0.5) is 5.69 Å². The zero-order valence-electron chi connectivity index (χ0n) is 10.5. The highest BCUT2D eigenvalue weighted by Gasteiger charge is 2.22. The minimum absolute atomic E-state index is 0.294. The van der Waals surface area contributed by atoms with Gasteiger partial charge in [-0.25, -0.2) is 0 Å². The second-order valence-electron chi connectivity index (χ2n) is 4.24. The Morgan fingerprint density at radius 2 is 1.83 bits per heavy atom. The predicted octanol–water partition coefficient (Wildman–Crippen LogP) is 2.64. The van der Waals surface area contributed by atoms with Gasteiger partial charge in [-0.2, -0.15) is 0 Å². The van der Waals surface area contributed by atoms with Crippen molar-refractivity contribution in [1.29, 1.82) is 0 Å². The zero-order chi connectivity index (χ0) is 12.8. The van der Waals surface area contributed by atoms with Crippen molar-refractivity contribution in [2.45, 2.75) is 6.10 Å². The van der Waals surface area contributed by atoms with Gasteiger partial charge in [0.15, 0.2) is 0 Å². The van der Waals surface area contributed by atoms with Crippen LogP contribution in [0.2, 0.25) is 0 Å². The van der Waals surface area contributed by atoms with Crippen LogP contribution in [-0.2, 0) is 4.74 Å². The van der Waals surface area contributed by atoms with Gasteiger partial charge in [-0.15, -0.1) is 13.2 Å². The topological polar surface area (TPSA) is 25.0 Å². The van der Waals surface area contributed by atoms with Crippen molar-refractivity contribution < 1.29 is 9.47 Å². The van der Waals surface area contributed by atoms with E-state index < -0.39 is 0 Å². The second kappa shape index (κ2) is 6.26. The molecule has 1 fully saturated rings. The Bertz CT molecular complexity index is 385. The van der Waals surface area contributed by atoms with Crippen LogP contribution in [0.5, 0.6) is 5.75 Å². The Balaban J connectivity index is 1.94. The Morgan fingerprint density at radius 1 is 1.22 bits per heavy atom. The fraction of sp³-hybridized carbons (Fsp3) is 0.333. The summed E-state index contributed by atoms with van der Waals surface area (Å²) in [6.45, 7) is 10.6. The molecule has 1 saturated heterocycles. The third kappa shape index (κ3) is 3.64. The van der Waals surface area contributed by atoms with Crippen LogP contribution in [0.3, 0.4) is 0 Å². The largest absolute Gasteiger partial charge is 0.491 e. The molecule has 1 atom stereocenters. The molecule has 1 aliphatic rings. The highest BCUT2D eigenvalue weighted by Crippen LogP contribution is 2.20. The molecular formula is C15H19NO2. The lowest BCUT2D eigenvalue weighted by Gasteiger charge is -2.21. The van der Waals surface area contributed by atoms with Gasteiger partial charge in [0.05, 0.1) is 6.61 Å². The number of ether oxygens (including phenoxy) is 2. The van der Waals surface area contributed by atoms with Crippen molar-refractivity contribution in [3.05, 3.63) is 49.6 Å². The fourth-order valence-electron chi connectivity index (χ4n) is 1.70. The molecule has 0 aromatic heterocycles. The van der Waals surface area contributed by atoms with Crippen molar-refractivity contribution in [3.63, 3.8) is 0 Å². The first kappa shape index (κ1) is 12.7. The van der Waals surface area contributed by atoms with E-state index in [9.17, 15) is 0 Å². The molecule has 0 saturated carbocycles. The lowest BCUT2D eigenvalue weighted by atomic mass is 10.2. The van der Waals surface area contributed by atoms with Gasteiger partial charge in [0.1, 0.15) is 18.5 Å². The van der Waals surface area contributed by atoms with Gasteiger partial charge in [-0.3, -0.25) is 0 Å². The van der Waals surface area contributed by atoms with Crippen LogP contribution in [0.25, 0.3) is 0 Å². The summed E-state index contributed by atoms with van der Waals surface area (Å²) in [4.78, 5) is 2.19. The summed E-state index contributed by atoms with van der Waals surface area (Å²) in [5.74, 6) is 0.881. The van der Waals surface area contributed by atoms with Gasteiger partial charge in [0.2, 0.25) is 0 Å². The Kier molecular flexibility index (Phi) is 4.42. The van der Waals surface area contributed by atoms with Crippen molar-refractivity contribution in [1.82, 2.24) is 0 Å². The van der Waals surface area contributed by atoms with Gasteiger partial charge < -0.3 is 14.4 Å². The first-order valence-electron chi connectivity index (χ1n) is 6.14. The van der Waals surface area contributed by atoms with E-state index in [4.69, 9.17) is 9.47 Å². The normalized spacial score (nSPS) is 17.0. The number of epoxide rings is 1. The van der Waals surface area contributed by atoms with Gasteiger partial charge in [0.25, 0.3) is 0 Å². The number of hydrogen-bond acceptors (Lipinski definition) is 3. The molecule has 1 aliphatic heterocycles. The summed E-state index contributed by atoms with van der Waals surface area (Å²) < 4.78 is 10.7. The maximum atomic E-state index is 5.60. The summed E-state index contributed by atoms with van der Waals surface area (Å²) in [6.07, 6.45) is 4.07. The van der Waals surface area contributed by atoms with Crippen LogP contribution in [-0.4, -0.2) is 32.4 Å². The molecule has 0 bridgehead atoms. The van der Waals surface area contributed by atoms with E-state index in [1.165, 1.54) is 0 Å². The quantitative estimate of drug-likeness (QED) is 0.520. The average molecular weight is 245 g/mol. The highest BCUT2D eigenvalue weighted by atomic mass is 16.6. The molecule has 0 radical (unpaired) electrons. The number of benzene rings is 1. The van der Waals surface area contributed by atoms with Crippen LogP contribution < -0.4 is 9.64 Å². The molecule has 0 aliphatic carbocycles. The van der Waals surface area contributed by atoms with Crippen molar-refractivity contribution >= 4 is 5.69 Å². The molecule has 1 aromatic rings. The minimum atomic E-state index is 0.294. The summed E-state index contributed by atoms with van der Waals surface area (Å²) in [6, 6.07) is 8.07. The maximum absolute atomic E-state index is 5.60. The van der Waals surface area contributed by atoms with E-state index in [0.29, 0.717) is 12.7 Å². The van der Waals surface area contributed by atoms with E-state index in [-0.39, 0.29) is 0 Å². The molecule has 18 heavy (non-hydrogen) atoms. The SMILES string of the molecule is C=CCN(CC=C)c1ccc(OCC2CO2)cc1. The van der Waals surface area contributed by atoms with Crippen LogP contribution >= 0.6 is 0 Å². The van der Waals surface area contributed by atoms with Gasteiger partial charge in [-0.05, 0) is 24.3 Å². The van der Waals surface area contributed by atoms with Gasteiger partial charge in [0, 0.05) is 18.8 Å². The van der Waals surface area contributed by atoms with E-state index in [2.05, 4.69) is 30.2 Å². The highest BCUT2D eigenvalue weighted by molar-refractivity contribution is 5.50. The molecule has 0 spiro atoms.